The fraction of sp³-hybridized carbons (Fsp3) is 0.833. The van der Waals surface area contributed by atoms with Crippen molar-refractivity contribution >= 4 is 12.0 Å². The highest BCUT2D eigenvalue weighted by Crippen LogP contribution is 2.02. The minimum atomic E-state index is -0.920. The third kappa shape index (κ3) is 7.89. The van der Waals surface area contributed by atoms with Gasteiger partial charge in [0.15, 0.2) is 0 Å². The average molecular weight is 259 g/mol. The lowest BCUT2D eigenvalue weighted by Crippen LogP contribution is -2.50. The Balaban J connectivity index is 4.21. The van der Waals surface area contributed by atoms with E-state index in [9.17, 15) is 9.59 Å². The molecule has 6 nitrogen and oxygen atoms in total. The Morgan fingerprint density at radius 3 is 2.11 bits per heavy atom. The number of amides is 2. The van der Waals surface area contributed by atoms with Gasteiger partial charge in [0.1, 0.15) is 0 Å². The van der Waals surface area contributed by atoms with E-state index in [1.165, 1.54) is 0 Å². The van der Waals surface area contributed by atoms with Crippen molar-refractivity contribution in [2.75, 3.05) is 20.6 Å². The molecule has 3 N–H and O–H groups in total. The molecule has 0 spiro atoms. The van der Waals surface area contributed by atoms with Crippen molar-refractivity contribution in [2.24, 2.45) is 5.92 Å². The van der Waals surface area contributed by atoms with Gasteiger partial charge in [0, 0.05) is 18.6 Å². The molecule has 0 rings (SSSR count). The summed E-state index contributed by atoms with van der Waals surface area (Å²) in [5.74, 6) is -0.607. The van der Waals surface area contributed by atoms with Crippen LogP contribution in [0.25, 0.3) is 0 Å². The van der Waals surface area contributed by atoms with Crippen molar-refractivity contribution in [1.82, 2.24) is 15.5 Å². The van der Waals surface area contributed by atoms with Crippen molar-refractivity contribution in [3.63, 3.8) is 0 Å². The maximum atomic E-state index is 11.7. The second-order valence-electron chi connectivity index (χ2n) is 5.23. The minimum Gasteiger partial charge on any atom is -0.481 e. The Morgan fingerprint density at radius 1 is 1.17 bits per heavy atom. The summed E-state index contributed by atoms with van der Waals surface area (Å²) < 4.78 is 0. The largest absolute Gasteiger partial charge is 0.481 e. The van der Waals surface area contributed by atoms with Gasteiger partial charge in [-0.1, -0.05) is 13.8 Å². The molecule has 0 heterocycles. The first-order chi connectivity index (χ1) is 8.22. The summed E-state index contributed by atoms with van der Waals surface area (Å²) in [5.41, 5.74) is 0. The first-order valence-electron chi connectivity index (χ1n) is 6.16. The normalized spacial score (nSPS) is 14.4. The second-order valence-corrected chi connectivity index (χ2v) is 5.23. The predicted octanol–water partition coefficient (Wildman–Crippen LogP) is 0.735. The molecule has 0 fully saturated rings. The molecule has 106 valence electrons. The number of nitrogens with zero attached hydrogens (tertiary/aromatic N) is 1. The van der Waals surface area contributed by atoms with Gasteiger partial charge in [-0.3, -0.25) is 4.79 Å². The molecule has 0 bridgehead atoms. The van der Waals surface area contributed by atoms with Crippen molar-refractivity contribution in [1.29, 1.82) is 0 Å². The molecular formula is C12H25N3O3. The topological polar surface area (TPSA) is 81.7 Å². The first-order valence-corrected chi connectivity index (χ1v) is 6.16. The number of likely N-dealkylation sites (N-methyl/N-ethyl adjacent to an activating group) is 1. The number of hydrogen-bond donors (Lipinski definition) is 3. The van der Waals surface area contributed by atoms with Gasteiger partial charge in [0.2, 0.25) is 0 Å². The summed E-state index contributed by atoms with van der Waals surface area (Å²) in [6.07, 6.45) is -0.0759. The Bertz CT molecular complexity index is 280. The van der Waals surface area contributed by atoms with Gasteiger partial charge in [-0.25, -0.2) is 4.79 Å². The number of carbonyl (C=O) groups is 2. The van der Waals surface area contributed by atoms with Gasteiger partial charge < -0.3 is 20.6 Å². The van der Waals surface area contributed by atoms with Gasteiger partial charge in [0.25, 0.3) is 0 Å². The van der Waals surface area contributed by atoms with Gasteiger partial charge in [0.05, 0.1) is 6.42 Å². The number of nitrogens with one attached hydrogen (secondary N) is 2. The zero-order valence-electron chi connectivity index (χ0n) is 11.9. The molecule has 0 aromatic rings. The van der Waals surface area contributed by atoms with Crippen LogP contribution in [0.15, 0.2) is 0 Å². The molecular weight excluding hydrogens is 234 g/mol. The molecule has 0 aliphatic carbocycles. The fourth-order valence-electron chi connectivity index (χ4n) is 1.56. The van der Waals surface area contributed by atoms with E-state index in [0.29, 0.717) is 5.92 Å². The number of aliphatic carboxylic acids is 1. The lowest BCUT2D eigenvalue weighted by atomic mass is 10.0. The number of hydrogen-bond acceptors (Lipinski definition) is 3. The molecule has 2 unspecified atom stereocenters. The van der Waals surface area contributed by atoms with Crippen LogP contribution in [-0.2, 0) is 4.79 Å². The van der Waals surface area contributed by atoms with Crippen LogP contribution in [0.2, 0.25) is 0 Å². The van der Waals surface area contributed by atoms with Crippen LogP contribution in [0.5, 0.6) is 0 Å². The summed E-state index contributed by atoms with van der Waals surface area (Å²) in [7, 11) is 3.89. The van der Waals surface area contributed by atoms with Crippen molar-refractivity contribution in [3.8, 4) is 0 Å². The van der Waals surface area contributed by atoms with Gasteiger partial charge in [-0.15, -0.1) is 0 Å². The average Bonchev–Trinajstić information content (AvgIpc) is 2.13. The third-order valence-corrected chi connectivity index (χ3v) is 2.54. The minimum absolute atomic E-state index is 0.0389. The number of carboxylic acids is 1. The van der Waals surface area contributed by atoms with E-state index in [2.05, 4.69) is 10.6 Å². The van der Waals surface area contributed by atoms with E-state index < -0.39 is 5.97 Å². The second kappa shape index (κ2) is 7.92. The summed E-state index contributed by atoms with van der Waals surface area (Å²) in [5, 5.41) is 14.1. The maximum absolute atomic E-state index is 11.7. The number of rotatable bonds is 7. The summed E-state index contributed by atoms with van der Waals surface area (Å²) in [4.78, 5) is 24.2. The van der Waals surface area contributed by atoms with Crippen LogP contribution < -0.4 is 10.6 Å². The number of carbonyl (C=O) groups excluding carboxylic acids is 1. The molecule has 0 aromatic heterocycles. The van der Waals surface area contributed by atoms with E-state index >= 15 is 0 Å². The quantitative estimate of drug-likeness (QED) is 0.629. The van der Waals surface area contributed by atoms with Crippen molar-refractivity contribution < 1.29 is 14.7 Å². The fourth-order valence-corrected chi connectivity index (χ4v) is 1.56. The monoisotopic (exact) mass is 259 g/mol. The third-order valence-electron chi connectivity index (χ3n) is 2.54. The highest BCUT2D eigenvalue weighted by molar-refractivity contribution is 5.75. The van der Waals surface area contributed by atoms with Gasteiger partial charge in [-0.2, -0.15) is 0 Å². The molecule has 0 radical (unpaired) electrons. The van der Waals surface area contributed by atoms with Crippen molar-refractivity contribution in [2.45, 2.75) is 39.3 Å². The molecule has 0 aliphatic heterocycles. The van der Waals surface area contributed by atoms with E-state index in [1.807, 2.05) is 32.8 Å². The lowest BCUT2D eigenvalue weighted by Gasteiger charge is -2.26. The lowest BCUT2D eigenvalue weighted by molar-refractivity contribution is -0.137. The summed E-state index contributed by atoms with van der Waals surface area (Å²) >= 11 is 0. The molecule has 0 aliphatic rings. The van der Waals surface area contributed by atoms with Crippen LogP contribution in [0.3, 0.4) is 0 Å². The summed E-state index contributed by atoms with van der Waals surface area (Å²) in [6, 6.07) is -0.656. The van der Waals surface area contributed by atoms with Crippen LogP contribution >= 0.6 is 0 Å². The highest BCUT2D eigenvalue weighted by Gasteiger charge is 2.18. The molecule has 0 saturated carbocycles. The van der Waals surface area contributed by atoms with E-state index in [1.54, 1.807) is 6.92 Å². The molecule has 18 heavy (non-hydrogen) atoms. The van der Waals surface area contributed by atoms with E-state index in [4.69, 9.17) is 5.11 Å². The van der Waals surface area contributed by atoms with Crippen LogP contribution in [0.4, 0.5) is 4.79 Å². The molecule has 0 saturated heterocycles. The predicted molar refractivity (Wildman–Crippen MR) is 70.6 cm³/mol. The Kier molecular flexibility index (Phi) is 7.35. The van der Waals surface area contributed by atoms with Crippen LogP contribution in [0, 0.1) is 5.92 Å². The van der Waals surface area contributed by atoms with Crippen LogP contribution in [0.1, 0.15) is 27.2 Å². The van der Waals surface area contributed by atoms with Crippen LogP contribution in [-0.4, -0.2) is 54.7 Å². The van der Waals surface area contributed by atoms with Gasteiger partial charge in [-0.05, 0) is 26.9 Å². The van der Waals surface area contributed by atoms with Crippen molar-refractivity contribution in [3.05, 3.63) is 0 Å². The zero-order chi connectivity index (χ0) is 14.3. The zero-order valence-corrected chi connectivity index (χ0v) is 11.9. The highest BCUT2D eigenvalue weighted by atomic mass is 16.4. The Hall–Kier alpha value is -1.30. The molecule has 0 aromatic carbocycles. The molecule has 6 heteroatoms. The number of urea groups is 1. The van der Waals surface area contributed by atoms with E-state index in [0.717, 1.165) is 6.54 Å². The Labute approximate surface area is 109 Å². The standard InChI is InChI=1S/C12H25N3O3/c1-8(2)10(7-15(4)5)14-12(18)13-9(3)6-11(16)17/h8-10H,6-7H2,1-5H3,(H,16,17)(H2,13,14,18). The van der Waals surface area contributed by atoms with E-state index in [-0.39, 0.29) is 24.5 Å². The Morgan fingerprint density at radius 2 is 1.72 bits per heavy atom. The number of carboxylic acid groups (broad SMARTS) is 1. The smallest absolute Gasteiger partial charge is 0.315 e. The summed E-state index contributed by atoms with van der Waals surface area (Å²) in [6.45, 7) is 6.49. The molecule has 2 atom stereocenters. The SMILES string of the molecule is CC(CC(=O)O)NC(=O)NC(CN(C)C)C(C)C. The first kappa shape index (κ1) is 16.7. The molecule has 2 amide bonds. The maximum Gasteiger partial charge on any atom is 0.315 e. The van der Waals surface area contributed by atoms with Gasteiger partial charge >= 0.3 is 12.0 Å².